The van der Waals surface area contributed by atoms with Crippen LogP contribution in [0.4, 0.5) is 24.5 Å². The Bertz CT molecular complexity index is 1170. The van der Waals surface area contributed by atoms with Gasteiger partial charge in [0.2, 0.25) is 0 Å². The highest BCUT2D eigenvalue weighted by Crippen LogP contribution is 2.30. The molecule has 172 valence electrons. The Morgan fingerprint density at radius 1 is 1.12 bits per heavy atom. The number of ketones is 1. The Labute approximate surface area is 188 Å². The van der Waals surface area contributed by atoms with Crippen molar-refractivity contribution in [3.05, 3.63) is 65.7 Å². The molecule has 0 bridgehead atoms. The molecule has 7 nitrogen and oxygen atoms in total. The number of nitrogen functional groups attached to an aromatic ring is 1. The lowest BCUT2D eigenvalue weighted by atomic mass is 10.0. The van der Waals surface area contributed by atoms with E-state index in [2.05, 4.69) is 19.9 Å². The lowest BCUT2D eigenvalue weighted by Crippen LogP contribution is -2.43. The molecule has 0 aliphatic carbocycles. The van der Waals surface area contributed by atoms with Crippen molar-refractivity contribution in [3.63, 3.8) is 0 Å². The molecule has 0 aromatic carbocycles. The van der Waals surface area contributed by atoms with Crippen molar-refractivity contribution in [2.75, 3.05) is 23.7 Å². The first kappa shape index (κ1) is 22.7. The standard InChI is InChI=1S/C23H23F3N6O/c24-23(25,26)21-5-1-4-17(30-21)18-7-6-16(28)22(31-18)20(33)11-14-12-29-9-8-19(14)32-10-2-3-15(27)13-32/h1,4-9,12,15H,2-3,10-11,13,27-28H2/t15-/m0/s1. The maximum absolute atomic E-state index is 13.1. The minimum atomic E-state index is -4.59. The molecule has 4 rings (SSSR count). The van der Waals surface area contributed by atoms with E-state index in [9.17, 15) is 18.0 Å². The number of Topliss-reactive ketones (excluding diaryl/α,β-unsaturated/α-hetero) is 1. The van der Waals surface area contributed by atoms with Crippen LogP contribution in [-0.4, -0.2) is 39.9 Å². The average Bonchev–Trinajstić information content (AvgIpc) is 2.79. The predicted molar refractivity (Wildman–Crippen MR) is 119 cm³/mol. The summed E-state index contributed by atoms with van der Waals surface area (Å²) in [6.45, 7) is 1.51. The summed E-state index contributed by atoms with van der Waals surface area (Å²) >= 11 is 0. The number of halogens is 3. The molecule has 10 heteroatoms. The fraction of sp³-hybridized carbons (Fsp3) is 0.304. The molecule has 0 spiro atoms. The molecule has 1 aliphatic rings. The number of aromatic nitrogens is 3. The van der Waals surface area contributed by atoms with Crippen molar-refractivity contribution in [2.45, 2.75) is 31.5 Å². The maximum atomic E-state index is 13.1. The van der Waals surface area contributed by atoms with Crippen LogP contribution in [-0.2, 0) is 12.6 Å². The second-order valence-corrected chi connectivity index (χ2v) is 7.99. The molecule has 3 aromatic heterocycles. The van der Waals surface area contributed by atoms with Crippen LogP contribution in [0.15, 0.2) is 48.8 Å². The molecular weight excluding hydrogens is 433 g/mol. The molecule has 0 radical (unpaired) electrons. The van der Waals surface area contributed by atoms with Crippen LogP contribution in [0, 0.1) is 0 Å². The van der Waals surface area contributed by atoms with Crippen molar-refractivity contribution < 1.29 is 18.0 Å². The van der Waals surface area contributed by atoms with Crippen LogP contribution >= 0.6 is 0 Å². The minimum Gasteiger partial charge on any atom is -0.397 e. The van der Waals surface area contributed by atoms with E-state index in [4.69, 9.17) is 11.5 Å². The van der Waals surface area contributed by atoms with Gasteiger partial charge < -0.3 is 16.4 Å². The summed E-state index contributed by atoms with van der Waals surface area (Å²) < 4.78 is 39.1. The monoisotopic (exact) mass is 456 g/mol. The normalized spacial score (nSPS) is 16.6. The third kappa shape index (κ3) is 5.11. The molecule has 0 saturated carbocycles. The highest BCUT2D eigenvalue weighted by molar-refractivity contribution is 6.01. The smallest absolute Gasteiger partial charge is 0.397 e. The second kappa shape index (κ2) is 9.14. The van der Waals surface area contributed by atoms with Gasteiger partial charge in [-0.3, -0.25) is 9.78 Å². The lowest BCUT2D eigenvalue weighted by Gasteiger charge is -2.33. The minimum absolute atomic E-state index is 0.00301. The van der Waals surface area contributed by atoms with Gasteiger partial charge in [0, 0.05) is 49.2 Å². The molecule has 4 heterocycles. The first-order chi connectivity index (χ1) is 15.7. The van der Waals surface area contributed by atoms with Crippen LogP contribution in [0.25, 0.3) is 11.4 Å². The van der Waals surface area contributed by atoms with Gasteiger partial charge in [-0.05, 0) is 43.2 Å². The Morgan fingerprint density at radius 2 is 1.91 bits per heavy atom. The molecule has 0 unspecified atom stereocenters. The molecule has 3 aromatic rings. The van der Waals surface area contributed by atoms with Crippen LogP contribution < -0.4 is 16.4 Å². The first-order valence-electron chi connectivity index (χ1n) is 10.5. The molecule has 33 heavy (non-hydrogen) atoms. The van der Waals surface area contributed by atoms with Gasteiger partial charge in [-0.2, -0.15) is 13.2 Å². The summed E-state index contributed by atoms with van der Waals surface area (Å²) in [4.78, 5) is 27.3. The largest absolute Gasteiger partial charge is 0.433 e. The van der Waals surface area contributed by atoms with Crippen molar-refractivity contribution >= 4 is 17.2 Å². The molecule has 4 N–H and O–H groups in total. The zero-order chi connectivity index (χ0) is 23.6. The van der Waals surface area contributed by atoms with E-state index in [-0.39, 0.29) is 41.0 Å². The third-order valence-electron chi connectivity index (χ3n) is 5.52. The zero-order valence-electron chi connectivity index (χ0n) is 17.7. The zero-order valence-corrected chi connectivity index (χ0v) is 17.7. The van der Waals surface area contributed by atoms with Crippen LogP contribution in [0.3, 0.4) is 0 Å². The van der Waals surface area contributed by atoms with E-state index in [1.165, 1.54) is 24.3 Å². The van der Waals surface area contributed by atoms with Gasteiger partial charge in [0.15, 0.2) is 5.78 Å². The molecular formula is C23H23F3N6O. The van der Waals surface area contributed by atoms with Crippen molar-refractivity contribution in [2.24, 2.45) is 5.73 Å². The summed E-state index contributed by atoms with van der Waals surface area (Å²) in [5.74, 6) is -0.364. The molecule has 1 fully saturated rings. The van der Waals surface area contributed by atoms with Gasteiger partial charge in [0.05, 0.1) is 17.1 Å². The molecule has 0 amide bonds. The Kier molecular flexibility index (Phi) is 6.28. The Hall–Kier alpha value is -3.53. The number of nitrogens with two attached hydrogens (primary N) is 2. The highest BCUT2D eigenvalue weighted by atomic mass is 19.4. The first-order valence-corrected chi connectivity index (χ1v) is 10.5. The van der Waals surface area contributed by atoms with Gasteiger partial charge in [0.25, 0.3) is 0 Å². The van der Waals surface area contributed by atoms with Crippen LogP contribution in [0.2, 0.25) is 0 Å². The van der Waals surface area contributed by atoms with Crippen molar-refractivity contribution in [1.29, 1.82) is 0 Å². The number of nitrogens with zero attached hydrogens (tertiary/aromatic N) is 4. The maximum Gasteiger partial charge on any atom is 0.433 e. The molecule has 1 aliphatic heterocycles. The van der Waals surface area contributed by atoms with Crippen molar-refractivity contribution in [3.8, 4) is 11.4 Å². The Morgan fingerprint density at radius 3 is 2.67 bits per heavy atom. The van der Waals surface area contributed by atoms with Gasteiger partial charge >= 0.3 is 6.18 Å². The van der Waals surface area contributed by atoms with Crippen LogP contribution in [0.1, 0.15) is 34.6 Å². The lowest BCUT2D eigenvalue weighted by molar-refractivity contribution is -0.141. The quantitative estimate of drug-likeness (QED) is 0.566. The SMILES string of the molecule is Nc1ccc(-c2cccc(C(F)(F)F)n2)nc1C(=O)Cc1cnccc1N1CCC[C@H](N)C1. The number of alkyl halides is 3. The van der Waals surface area contributed by atoms with Crippen molar-refractivity contribution in [1.82, 2.24) is 15.0 Å². The fourth-order valence-electron chi connectivity index (χ4n) is 3.92. The number of hydrogen-bond acceptors (Lipinski definition) is 7. The number of anilines is 2. The summed E-state index contributed by atoms with van der Waals surface area (Å²) in [5, 5.41) is 0. The Balaban J connectivity index is 1.62. The van der Waals surface area contributed by atoms with E-state index < -0.39 is 11.9 Å². The van der Waals surface area contributed by atoms with Gasteiger partial charge in [0.1, 0.15) is 11.4 Å². The number of carbonyl (C=O) groups is 1. The second-order valence-electron chi connectivity index (χ2n) is 7.99. The van der Waals surface area contributed by atoms with Crippen LogP contribution in [0.5, 0.6) is 0 Å². The number of rotatable bonds is 5. The molecule has 1 saturated heterocycles. The summed E-state index contributed by atoms with van der Waals surface area (Å²) in [6, 6.07) is 8.33. The fourth-order valence-corrected chi connectivity index (χ4v) is 3.92. The van der Waals surface area contributed by atoms with E-state index in [1.807, 2.05) is 6.07 Å². The summed E-state index contributed by atoms with van der Waals surface area (Å²) in [7, 11) is 0. The van der Waals surface area contributed by atoms with Gasteiger partial charge in [-0.1, -0.05) is 6.07 Å². The summed E-state index contributed by atoms with van der Waals surface area (Å²) in [6.07, 6.45) is 0.601. The van der Waals surface area contributed by atoms with Gasteiger partial charge in [-0.25, -0.2) is 9.97 Å². The highest BCUT2D eigenvalue weighted by Gasteiger charge is 2.32. The molecule has 1 atom stereocenters. The third-order valence-corrected chi connectivity index (χ3v) is 5.52. The average molecular weight is 456 g/mol. The van der Waals surface area contributed by atoms with E-state index >= 15 is 0 Å². The van der Waals surface area contributed by atoms with E-state index in [0.717, 1.165) is 31.1 Å². The topological polar surface area (TPSA) is 111 Å². The number of hydrogen-bond donors (Lipinski definition) is 2. The van der Waals surface area contributed by atoms with Gasteiger partial charge in [-0.15, -0.1) is 0 Å². The number of pyridine rings is 3. The number of piperidine rings is 1. The van der Waals surface area contributed by atoms with E-state index in [0.29, 0.717) is 12.1 Å². The summed E-state index contributed by atoms with van der Waals surface area (Å²) in [5.41, 5.74) is 12.9. The van der Waals surface area contributed by atoms with E-state index in [1.54, 1.807) is 12.4 Å². The number of carbonyl (C=O) groups excluding carboxylic acids is 1. The predicted octanol–water partition coefficient (Wildman–Crippen LogP) is 3.49.